The molecule has 12 heteroatoms. The highest BCUT2D eigenvalue weighted by molar-refractivity contribution is 6.31. The van der Waals surface area contributed by atoms with Crippen LogP contribution in [0.1, 0.15) is 16.1 Å². The molecule has 0 saturated carbocycles. The van der Waals surface area contributed by atoms with Gasteiger partial charge in [-0.25, -0.2) is 9.97 Å². The maximum atomic E-state index is 13.7. The molecule has 1 saturated heterocycles. The van der Waals surface area contributed by atoms with Crippen molar-refractivity contribution in [2.75, 3.05) is 23.3 Å². The lowest BCUT2D eigenvalue weighted by atomic mass is 9.98. The van der Waals surface area contributed by atoms with Crippen molar-refractivity contribution in [3.05, 3.63) is 102 Å². The molecule has 1 aliphatic rings. The molecule has 0 radical (unpaired) electrons. The van der Waals surface area contributed by atoms with Gasteiger partial charge in [-0.3, -0.25) is 14.3 Å². The number of benzene rings is 2. The smallest absolute Gasteiger partial charge is 0.270 e. The van der Waals surface area contributed by atoms with E-state index in [-0.39, 0.29) is 18.4 Å². The normalized spacial score (nSPS) is 13.8. The van der Waals surface area contributed by atoms with E-state index in [2.05, 4.69) is 30.6 Å². The number of hydrogen-bond acceptors (Lipinski definition) is 7. The van der Waals surface area contributed by atoms with Crippen LogP contribution in [0, 0.1) is 0 Å². The number of rotatable bonds is 9. The average molecular weight is 610 g/mol. The third-order valence-electron chi connectivity index (χ3n) is 7.72. The number of carbonyl (C=O) groups is 2. The van der Waals surface area contributed by atoms with Gasteiger partial charge in [-0.2, -0.15) is 5.10 Å². The van der Waals surface area contributed by atoms with Gasteiger partial charge in [0.25, 0.3) is 5.91 Å². The number of imidazole rings is 1. The second-order valence-corrected chi connectivity index (χ2v) is 11.3. The fourth-order valence-corrected chi connectivity index (χ4v) is 5.42. The molecule has 44 heavy (non-hydrogen) atoms. The maximum absolute atomic E-state index is 13.7. The molecule has 1 aliphatic heterocycles. The highest BCUT2D eigenvalue weighted by Gasteiger charge is 2.26. The van der Waals surface area contributed by atoms with E-state index in [4.69, 9.17) is 17.3 Å². The number of nitrogens with two attached hydrogens (primary N) is 1. The standard InChI is InChI=1S/C32H32ClN9O2/c1-40-19-35-16-29(40)20-3-6-25(7-4-20)38-31(43)27(39-32(44)28-10-12-37-41(28)2)14-23-13-21(5-8-26(23)33)22-9-11-36-30(15-22)42-17-24(34)18-42/h3-13,15-16,19,24,27H,14,17-18,34H2,1-2H3,(H,38,43)(H,39,44). The Hall–Kier alpha value is -5.00. The first-order valence-corrected chi connectivity index (χ1v) is 14.5. The molecule has 1 unspecified atom stereocenters. The number of pyridine rings is 1. The minimum absolute atomic E-state index is 0.158. The van der Waals surface area contributed by atoms with Crippen molar-refractivity contribution in [1.29, 1.82) is 0 Å². The largest absolute Gasteiger partial charge is 0.353 e. The average Bonchev–Trinajstić information content (AvgIpc) is 3.64. The summed E-state index contributed by atoms with van der Waals surface area (Å²) >= 11 is 6.66. The molecule has 3 aromatic heterocycles. The molecule has 4 heterocycles. The van der Waals surface area contributed by atoms with Gasteiger partial charge < -0.3 is 25.8 Å². The summed E-state index contributed by atoms with van der Waals surface area (Å²) in [6.07, 6.45) is 6.98. The Bertz CT molecular complexity index is 1810. The summed E-state index contributed by atoms with van der Waals surface area (Å²) in [7, 11) is 3.59. The molecule has 0 bridgehead atoms. The molecule has 2 aromatic carbocycles. The molecule has 11 nitrogen and oxygen atoms in total. The number of amides is 2. The first-order valence-electron chi connectivity index (χ1n) is 14.2. The molecule has 6 rings (SSSR count). The summed E-state index contributed by atoms with van der Waals surface area (Å²) in [4.78, 5) is 37.7. The van der Waals surface area contributed by atoms with Crippen molar-refractivity contribution in [2.24, 2.45) is 19.8 Å². The van der Waals surface area contributed by atoms with Crippen LogP contribution in [0.5, 0.6) is 0 Å². The molecular formula is C32H32ClN9O2. The Morgan fingerprint density at radius 1 is 1.00 bits per heavy atom. The first kappa shape index (κ1) is 29.1. The van der Waals surface area contributed by atoms with Gasteiger partial charge in [0.1, 0.15) is 17.6 Å². The van der Waals surface area contributed by atoms with E-state index in [1.807, 2.05) is 60.1 Å². The number of nitrogens with zero attached hydrogens (tertiary/aromatic N) is 6. The van der Waals surface area contributed by atoms with Gasteiger partial charge in [-0.1, -0.05) is 29.8 Å². The molecule has 5 aromatic rings. The van der Waals surface area contributed by atoms with Crippen LogP contribution >= 0.6 is 11.6 Å². The van der Waals surface area contributed by atoms with E-state index in [0.29, 0.717) is 22.0 Å². The third-order valence-corrected chi connectivity index (χ3v) is 8.09. The fourth-order valence-electron chi connectivity index (χ4n) is 5.23. The lowest BCUT2D eigenvalue weighted by Gasteiger charge is -2.37. The zero-order valence-electron chi connectivity index (χ0n) is 24.3. The van der Waals surface area contributed by atoms with Crippen LogP contribution in [-0.2, 0) is 25.3 Å². The van der Waals surface area contributed by atoms with Crippen molar-refractivity contribution in [3.8, 4) is 22.4 Å². The molecule has 0 spiro atoms. The van der Waals surface area contributed by atoms with Gasteiger partial charge in [0.05, 0.1) is 18.2 Å². The number of halogens is 1. The Morgan fingerprint density at radius 3 is 2.43 bits per heavy atom. The number of nitrogens with one attached hydrogen (secondary N) is 2. The topological polar surface area (TPSA) is 136 Å². The van der Waals surface area contributed by atoms with E-state index in [0.717, 1.165) is 41.3 Å². The quantitative estimate of drug-likeness (QED) is 0.232. The second kappa shape index (κ2) is 12.3. The van der Waals surface area contributed by atoms with E-state index in [9.17, 15) is 9.59 Å². The summed E-state index contributed by atoms with van der Waals surface area (Å²) in [5, 5.41) is 10.4. The summed E-state index contributed by atoms with van der Waals surface area (Å²) in [6.45, 7) is 1.53. The molecule has 0 aliphatic carbocycles. The van der Waals surface area contributed by atoms with Crippen molar-refractivity contribution >= 4 is 34.9 Å². The van der Waals surface area contributed by atoms with Crippen LogP contribution < -0.4 is 21.3 Å². The Labute approximate surface area is 259 Å². The van der Waals surface area contributed by atoms with Crippen molar-refractivity contribution < 1.29 is 9.59 Å². The van der Waals surface area contributed by atoms with Crippen LogP contribution in [0.15, 0.2) is 85.6 Å². The molecule has 224 valence electrons. The zero-order chi connectivity index (χ0) is 30.8. The van der Waals surface area contributed by atoms with E-state index in [1.165, 1.54) is 10.9 Å². The van der Waals surface area contributed by atoms with Crippen LogP contribution in [-0.4, -0.2) is 61.3 Å². The first-order chi connectivity index (χ1) is 21.2. The number of hydrogen-bond donors (Lipinski definition) is 3. The lowest BCUT2D eigenvalue weighted by Crippen LogP contribution is -2.56. The fraction of sp³-hybridized carbons (Fsp3) is 0.219. The third kappa shape index (κ3) is 6.19. The predicted octanol–water partition coefficient (Wildman–Crippen LogP) is 3.66. The summed E-state index contributed by atoms with van der Waals surface area (Å²) < 4.78 is 3.38. The summed E-state index contributed by atoms with van der Waals surface area (Å²) in [5.74, 6) is 0.0573. The van der Waals surface area contributed by atoms with Crippen LogP contribution in [0.3, 0.4) is 0 Å². The van der Waals surface area contributed by atoms with Crippen molar-refractivity contribution in [3.63, 3.8) is 0 Å². The Kier molecular flexibility index (Phi) is 8.14. The minimum atomic E-state index is -0.933. The van der Waals surface area contributed by atoms with Gasteiger partial charge in [0, 0.05) is 62.8 Å². The van der Waals surface area contributed by atoms with Gasteiger partial charge >= 0.3 is 0 Å². The predicted molar refractivity (Wildman–Crippen MR) is 170 cm³/mol. The van der Waals surface area contributed by atoms with Gasteiger partial charge in [-0.05, 0) is 64.7 Å². The van der Waals surface area contributed by atoms with E-state index < -0.39 is 11.9 Å². The minimum Gasteiger partial charge on any atom is -0.353 e. The lowest BCUT2D eigenvalue weighted by molar-refractivity contribution is -0.118. The highest BCUT2D eigenvalue weighted by Crippen LogP contribution is 2.29. The summed E-state index contributed by atoms with van der Waals surface area (Å²) in [5.41, 5.74) is 11.4. The van der Waals surface area contributed by atoms with E-state index >= 15 is 0 Å². The van der Waals surface area contributed by atoms with Gasteiger partial charge in [-0.15, -0.1) is 0 Å². The summed E-state index contributed by atoms with van der Waals surface area (Å²) in [6, 6.07) is 17.9. The molecular weight excluding hydrogens is 578 g/mol. The monoisotopic (exact) mass is 609 g/mol. The van der Waals surface area contributed by atoms with Crippen molar-refractivity contribution in [1.82, 2.24) is 29.6 Å². The van der Waals surface area contributed by atoms with Crippen LogP contribution in [0.25, 0.3) is 22.4 Å². The molecule has 4 N–H and O–H groups in total. The van der Waals surface area contributed by atoms with Crippen LogP contribution in [0.2, 0.25) is 5.02 Å². The maximum Gasteiger partial charge on any atom is 0.270 e. The molecule has 1 fully saturated rings. The Morgan fingerprint density at radius 2 is 1.75 bits per heavy atom. The number of aromatic nitrogens is 5. The SMILES string of the molecule is Cn1cncc1-c1ccc(NC(=O)C(Cc2cc(-c3ccnc(N4CC(N)C4)c3)ccc2Cl)NC(=O)c2ccnn2C)cc1. The molecule has 1 atom stereocenters. The van der Waals surface area contributed by atoms with Crippen LogP contribution in [0.4, 0.5) is 11.5 Å². The second-order valence-electron chi connectivity index (χ2n) is 10.9. The number of aryl methyl sites for hydroxylation is 2. The van der Waals surface area contributed by atoms with Gasteiger partial charge in [0.2, 0.25) is 5.91 Å². The van der Waals surface area contributed by atoms with E-state index in [1.54, 1.807) is 37.9 Å². The zero-order valence-corrected chi connectivity index (χ0v) is 25.1. The molecule has 2 amide bonds. The highest BCUT2D eigenvalue weighted by atomic mass is 35.5. The Balaban J connectivity index is 1.25. The number of carbonyl (C=O) groups excluding carboxylic acids is 2. The van der Waals surface area contributed by atoms with Gasteiger partial charge in [0.15, 0.2) is 0 Å². The number of anilines is 2. The van der Waals surface area contributed by atoms with Crippen molar-refractivity contribution in [2.45, 2.75) is 18.5 Å².